The van der Waals surface area contributed by atoms with Gasteiger partial charge >= 0.3 is 6.18 Å². The molecule has 7 heteroatoms. The van der Waals surface area contributed by atoms with E-state index in [0.717, 1.165) is 17.7 Å². The van der Waals surface area contributed by atoms with E-state index in [4.69, 9.17) is 0 Å². The molecule has 3 rings (SSSR count). The number of amides is 2. The van der Waals surface area contributed by atoms with E-state index in [9.17, 15) is 22.8 Å². The summed E-state index contributed by atoms with van der Waals surface area (Å²) in [5.41, 5.74) is 1.09. The van der Waals surface area contributed by atoms with Crippen LogP contribution in [0.1, 0.15) is 37.3 Å². The van der Waals surface area contributed by atoms with Gasteiger partial charge in [-0.1, -0.05) is 32.0 Å². The maximum atomic E-state index is 12.8. The van der Waals surface area contributed by atoms with Gasteiger partial charge in [-0.25, -0.2) is 0 Å². The molecular formula is C21H21F3N2O2. The Bertz CT molecular complexity index is 876. The van der Waals surface area contributed by atoms with E-state index in [0.29, 0.717) is 11.6 Å². The molecule has 0 radical (unpaired) electrons. The zero-order valence-corrected chi connectivity index (χ0v) is 15.6. The first-order chi connectivity index (χ1) is 13.1. The molecule has 1 aliphatic heterocycles. The number of hydrogen-bond donors (Lipinski definition) is 1. The van der Waals surface area contributed by atoms with Crippen molar-refractivity contribution >= 4 is 23.2 Å². The molecule has 1 heterocycles. The van der Waals surface area contributed by atoms with Crippen molar-refractivity contribution in [3.63, 3.8) is 0 Å². The molecule has 2 amide bonds. The van der Waals surface area contributed by atoms with E-state index < -0.39 is 23.6 Å². The molecule has 2 aromatic rings. The number of alkyl halides is 3. The lowest BCUT2D eigenvalue weighted by atomic mass is 10.0. The average molecular weight is 390 g/mol. The van der Waals surface area contributed by atoms with E-state index in [-0.39, 0.29) is 24.6 Å². The Hall–Kier alpha value is -2.83. The molecular weight excluding hydrogens is 369 g/mol. The van der Waals surface area contributed by atoms with Crippen LogP contribution in [0.5, 0.6) is 0 Å². The molecule has 0 saturated carbocycles. The fraction of sp³-hybridized carbons (Fsp3) is 0.333. The number of halogens is 3. The summed E-state index contributed by atoms with van der Waals surface area (Å²) in [6, 6.07) is 12.1. The Morgan fingerprint density at radius 2 is 1.82 bits per heavy atom. The maximum Gasteiger partial charge on any atom is 0.416 e. The number of hydrogen-bond acceptors (Lipinski definition) is 2. The quantitative estimate of drug-likeness (QED) is 0.814. The monoisotopic (exact) mass is 390 g/mol. The SMILES string of the molecule is CC(C)c1ccc(N2C[C@@H](C(=O)Nc3cccc(C(F)(F)F)c3)CC2=O)cc1. The normalized spacial score (nSPS) is 17.3. The van der Waals surface area contributed by atoms with Crippen LogP contribution in [-0.2, 0) is 15.8 Å². The van der Waals surface area contributed by atoms with Gasteiger partial charge in [0.25, 0.3) is 0 Å². The lowest BCUT2D eigenvalue weighted by molar-refractivity contribution is -0.137. The van der Waals surface area contributed by atoms with E-state index in [1.54, 1.807) is 4.90 Å². The van der Waals surface area contributed by atoms with Crippen molar-refractivity contribution in [1.82, 2.24) is 0 Å². The van der Waals surface area contributed by atoms with E-state index in [1.165, 1.54) is 12.1 Å². The van der Waals surface area contributed by atoms with Crippen LogP contribution < -0.4 is 10.2 Å². The van der Waals surface area contributed by atoms with E-state index in [1.807, 2.05) is 24.3 Å². The van der Waals surface area contributed by atoms with Crippen LogP contribution in [-0.4, -0.2) is 18.4 Å². The molecule has 1 atom stereocenters. The van der Waals surface area contributed by atoms with Crippen LogP contribution in [0.15, 0.2) is 48.5 Å². The Morgan fingerprint density at radius 3 is 2.43 bits per heavy atom. The van der Waals surface area contributed by atoms with Crippen molar-refractivity contribution in [2.24, 2.45) is 5.92 Å². The molecule has 0 aliphatic carbocycles. The van der Waals surface area contributed by atoms with Crippen LogP contribution in [0, 0.1) is 5.92 Å². The van der Waals surface area contributed by atoms with Crippen molar-refractivity contribution < 1.29 is 22.8 Å². The number of rotatable bonds is 4. The molecule has 0 bridgehead atoms. The van der Waals surface area contributed by atoms with E-state index in [2.05, 4.69) is 19.2 Å². The zero-order chi connectivity index (χ0) is 20.5. The number of carbonyl (C=O) groups is 2. The molecule has 0 aromatic heterocycles. The maximum absolute atomic E-state index is 12.8. The Labute approximate surface area is 161 Å². The number of anilines is 2. The van der Waals surface area contributed by atoms with Crippen LogP contribution >= 0.6 is 0 Å². The Balaban J connectivity index is 1.68. The van der Waals surface area contributed by atoms with Gasteiger partial charge in [-0.15, -0.1) is 0 Å². The summed E-state index contributed by atoms with van der Waals surface area (Å²) in [6.45, 7) is 4.35. The highest BCUT2D eigenvalue weighted by Gasteiger charge is 2.35. The second kappa shape index (κ2) is 7.66. The molecule has 28 heavy (non-hydrogen) atoms. The van der Waals surface area contributed by atoms with E-state index >= 15 is 0 Å². The summed E-state index contributed by atoms with van der Waals surface area (Å²) in [5, 5.41) is 2.50. The van der Waals surface area contributed by atoms with Crippen LogP contribution in [0.25, 0.3) is 0 Å². The third kappa shape index (κ3) is 4.35. The van der Waals surface area contributed by atoms with Gasteiger partial charge in [-0.3, -0.25) is 9.59 Å². The summed E-state index contributed by atoms with van der Waals surface area (Å²) in [5.74, 6) is -0.892. The Kier molecular flexibility index (Phi) is 5.45. The fourth-order valence-corrected chi connectivity index (χ4v) is 3.19. The summed E-state index contributed by atoms with van der Waals surface area (Å²) in [6.07, 6.45) is -4.46. The first kappa shape index (κ1) is 19.9. The van der Waals surface area contributed by atoms with Crippen molar-refractivity contribution in [1.29, 1.82) is 0 Å². The first-order valence-electron chi connectivity index (χ1n) is 9.03. The second-order valence-corrected chi connectivity index (χ2v) is 7.22. The number of benzene rings is 2. The average Bonchev–Trinajstić information content (AvgIpc) is 3.03. The number of carbonyl (C=O) groups excluding carboxylic acids is 2. The number of nitrogens with one attached hydrogen (secondary N) is 1. The van der Waals surface area contributed by atoms with Gasteiger partial charge < -0.3 is 10.2 Å². The van der Waals surface area contributed by atoms with Gasteiger partial charge in [0.05, 0.1) is 11.5 Å². The third-order valence-electron chi connectivity index (χ3n) is 4.82. The van der Waals surface area contributed by atoms with Gasteiger partial charge in [0.1, 0.15) is 0 Å². The van der Waals surface area contributed by atoms with Crippen LogP contribution in [0.2, 0.25) is 0 Å². The predicted molar refractivity (Wildman–Crippen MR) is 101 cm³/mol. The molecule has 1 N–H and O–H groups in total. The molecule has 1 fully saturated rings. The molecule has 1 saturated heterocycles. The molecule has 0 unspecified atom stereocenters. The standard InChI is InChI=1S/C21H21F3N2O2/c1-13(2)14-6-8-18(9-7-14)26-12-15(10-19(26)27)20(28)25-17-5-3-4-16(11-17)21(22,23)24/h3-9,11,13,15H,10,12H2,1-2H3,(H,25,28)/t15-/m0/s1. The lowest BCUT2D eigenvalue weighted by Crippen LogP contribution is -2.28. The summed E-state index contributed by atoms with van der Waals surface area (Å²) < 4.78 is 38.4. The summed E-state index contributed by atoms with van der Waals surface area (Å²) in [4.78, 5) is 26.4. The minimum Gasteiger partial charge on any atom is -0.326 e. The van der Waals surface area contributed by atoms with Gasteiger partial charge in [-0.2, -0.15) is 13.2 Å². The van der Waals surface area contributed by atoms with Gasteiger partial charge in [0.15, 0.2) is 0 Å². The summed E-state index contributed by atoms with van der Waals surface area (Å²) >= 11 is 0. The second-order valence-electron chi connectivity index (χ2n) is 7.22. The molecule has 148 valence electrons. The first-order valence-corrected chi connectivity index (χ1v) is 9.03. The topological polar surface area (TPSA) is 49.4 Å². The summed E-state index contributed by atoms with van der Waals surface area (Å²) in [7, 11) is 0. The van der Waals surface area contributed by atoms with Gasteiger partial charge in [-0.05, 0) is 41.8 Å². The highest BCUT2D eigenvalue weighted by Crippen LogP contribution is 2.31. The fourth-order valence-electron chi connectivity index (χ4n) is 3.19. The molecule has 0 spiro atoms. The predicted octanol–water partition coefficient (Wildman–Crippen LogP) is 4.82. The van der Waals surface area contributed by atoms with Crippen LogP contribution in [0.4, 0.5) is 24.5 Å². The third-order valence-corrected chi connectivity index (χ3v) is 4.82. The highest BCUT2D eigenvalue weighted by molar-refractivity contribution is 6.03. The van der Waals surface area contributed by atoms with Gasteiger partial charge in [0.2, 0.25) is 11.8 Å². The molecule has 1 aliphatic rings. The van der Waals surface area contributed by atoms with Gasteiger partial charge in [0, 0.05) is 24.3 Å². The molecule has 4 nitrogen and oxygen atoms in total. The highest BCUT2D eigenvalue weighted by atomic mass is 19.4. The van der Waals surface area contributed by atoms with Crippen molar-refractivity contribution in [2.75, 3.05) is 16.8 Å². The number of nitrogens with zero attached hydrogens (tertiary/aromatic N) is 1. The van der Waals surface area contributed by atoms with Crippen LogP contribution in [0.3, 0.4) is 0 Å². The molecule has 2 aromatic carbocycles. The smallest absolute Gasteiger partial charge is 0.326 e. The lowest BCUT2D eigenvalue weighted by Gasteiger charge is -2.18. The minimum absolute atomic E-state index is 0.0245. The minimum atomic E-state index is -4.48. The van der Waals surface area contributed by atoms with Crippen molar-refractivity contribution in [3.05, 3.63) is 59.7 Å². The van der Waals surface area contributed by atoms with Crippen molar-refractivity contribution in [3.8, 4) is 0 Å². The zero-order valence-electron chi connectivity index (χ0n) is 15.6. The Morgan fingerprint density at radius 1 is 1.14 bits per heavy atom. The largest absolute Gasteiger partial charge is 0.416 e. The van der Waals surface area contributed by atoms with Crippen molar-refractivity contribution in [2.45, 2.75) is 32.4 Å².